The average molecular weight is 403 g/mol. The summed E-state index contributed by atoms with van der Waals surface area (Å²) in [6.45, 7) is 6.34. The summed E-state index contributed by atoms with van der Waals surface area (Å²) in [6, 6.07) is -1.18. The first-order valence-electron chi connectivity index (χ1n) is 9.08. The van der Waals surface area contributed by atoms with Crippen LogP contribution in [0.1, 0.15) is 36.0 Å². The van der Waals surface area contributed by atoms with Gasteiger partial charge in [0.25, 0.3) is 0 Å². The zero-order valence-corrected chi connectivity index (χ0v) is 16.5. The summed E-state index contributed by atoms with van der Waals surface area (Å²) in [5.41, 5.74) is 1.43. The molecule has 0 fully saturated rings. The predicted molar refractivity (Wildman–Crippen MR) is 99.1 cm³/mol. The van der Waals surface area contributed by atoms with Crippen molar-refractivity contribution in [1.29, 1.82) is 5.41 Å². The Balaban J connectivity index is 3.65. The topological polar surface area (TPSA) is 198 Å². The van der Waals surface area contributed by atoms with Crippen LogP contribution < -0.4 is 16.4 Å². The van der Waals surface area contributed by atoms with Crippen LogP contribution in [0.3, 0.4) is 0 Å². The molecule has 0 aromatic carbocycles. The Labute approximate surface area is 164 Å². The number of carbonyl (C=O) groups is 2. The summed E-state index contributed by atoms with van der Waals surface area (Å²) < 4.78 is 13.4. The van der Waals surface area contributed by atoms with Gasteiger partial charge in [0.2, 0.25) is 11.7 Å². The van der Waals surface area contributed by atoms with Crippen molar-refractivity contribution in [1.82, 2.24) is 10.6 Å². The summed E-state index contributed by atoms with van der Waals surface area (Å²) in [5, 5.41) is 53.1. The minimum atomic E-state index is -2.27. The molecular weight excluding hydrogens is 372 g/mol. The van der Waals surface area contributed by atoms with Gasteiger partial charge in [0, 0.05) is 7.26 Å². The number of guanidine groups is 1. The van der Waals surface area contributed by atoms with E-state index >= 15 is 0 Å². The Morgan fingerprint density at radius 3 is 2.36 bits per heavy atom. The van der Waals surface area contributed by atoms with Gasteiger partial charge in [-0.25, -0.2) is 4.79 Å². The molecule has 1 rings (SSSR count). The van der Waals surface area contributed by atoms with Crippen molar-refractivity contribution in [3.05, 3.63) is 11.8 Å². The first kappa shape index (κ1) is 21.9. The molecule has 1 amide bonds. The van der Waals surface area contributed by atoms with Crippen LogP contribution in [0.4, 0.5) is 0 Å². The fourth-order valence-electron chi connectivity index (χ4n) is 3.14. The van der Waals surface area contributed by atoms with E-state index < -0.39 is 65.0 Å². The normalized spacial score (nSPS) is 29.9. The highest BCUT2D eigenvalue weighted by Gasteiger charge is 2.58. The number of amides is 1. The minimum absolute atomic E-state index is 0.557. The number of hydrogen-bond acceptors (Lipinski definition) is 7. The van der Waals surface area contributed by atoms with Gasteiger partial charge in [-0.15, -0.1) is 0 Å². The molecule has 0 radical (unpaired) electrons. The van der Waals surface area contributed by atoms with E-state index in [9.17, 15) is 30.0 Å². The van der Waals surface area contributed by atoms with E-state index in [1.165, 1.54) is 27.7 Å². The van der Waals surface area contributed by atoms with E-state index in [2.05, 4.69) is 10.6 Å². The van der Waals surface area contributed by atoms with Gasteiger partial charge >= 0.3 is 5.97 Å². The molecule has 0 aromatic rings. The van der Waals surface area contributed by atoms with Crippen LogP contribution in [0.2, 0.25) is 0 Å². The average Bonchev–Trinajstić information content (AvgIpc) is 2.53. The SMILES string of the molecule is [2H]C(C)(C)C(=O)N[C@]1(C)[C@@H](NC(=N)N)C=C(C(=O)O)O[C@H]1[C@](C)(O)[C@H](O)C(C)O. The third kappa shape index (κ3) is 4.72. The van der Waals surface area contributed by atoms with Crippen molar-refractivity contribution < 1.29 is 36.1 Å². The Morgan fingerprint density at radius 2 is 1.96 bits per heavy atom. The van der Waals surface area contributed by atoms with E-state index in [1.807, 2.05) is 0 Å². The van der Waals surface area contributed by atoms with Crippen LogP contribution in [0, 0.1) is 11.3 Å². The Bertz CT molecular complexity index is 704. The Kier molecular flexibility index (Phi) is 6.52. The third-order valence-corrected chi connectivity index (χ3v) is 4.70. The van der Waals surface area contributed by atoms with Gasteiger partial charge in [0.15, 0.2) is 12.1 Å². The number of nitrogens with two attached hydrogens (primary N) is 1. The molecule has 1 heterocycles. The summed E-state index contributed by atoms with van der Waals surface area (Å²) in [4.78, 5) is 24.1. The molecule has 28 heavy (non-hydrogen) atoms. The molecule has 0 aliphatic carbocycles. The minimum Gasteiger partial charge on any atom is -0.478 e. The lowest BCUT2D eigenvalue weighted by Crippen LogP contribution is -2.75. The van der Waals surface area contributed by atoms with Crippen molar-refractivity contribution in [3.8, 4) is 0 Å². The van der Waals surface area contributed by atoms with E-state index in [1.54, 1.807) is 0 Å². The number of aliphatic hydroxyl groups is 3. The van der Waals surface area contributed by atoms with Gasteiger partial charge in [-0.3, -0.25) is 10.2 Å². The molecule has 0 bridgehead atoms. The number of aliphatic carboxylic acids is 1. The molecule has 11 heteroatoms. The number of aliphatic hydroxyl groups excluding tert-OH is 2. The summed E-state index contributed by atoms with van der Waals surface area (Å²) in [5.74, 6) is -5.08. The first-order valence-corrected chi connectivity index (χ1v) is 8.58. The number of ether oxygens (including phenoxy) is 1. The largest absolute Gasteiger partial charge is 0.478 e. The number of carboxylic acid groups (broad SMARTS) is 1. The molecule has 9 N–H and O–H groups in total. The van der Waals surface area contributed by atoms with Crippen molar-refractivity contribution in [3.63, 3.8) is 0 Å². The van der Waals surface area contributed by atoms with Gasteiger partial charge in [-0.2, -0.15) is 0 Å². The maximum atomic E-state index is 12.6. The lowest BCUT2D eigenvalue weighted by atomic mass is 9.73. The van der Waals surface area contributed by atoms with Gasteiger partial charge in [-0.05, 0) is 26.8 Å². The molecule has 160 valence electrons. The van der Waals surface area contributed by atoms with E-state index in [0.717, 1.165) is 13.0 Å². The van der Waals surface area contributed by atoms with Gasteiger partial charge in [0.05, 0.1) is 12.1 Å². The number of carbonyl (C=O) groups excluding carboxylic acids is 1. The van der Waals surface area contributed by atoms with Crippen LogP contribution in [-0.4, -0.2) is 73.8 Å². The molecule has 1 aliphatic rings. The second-order valence-corrected chi connectivity index (χ2v) is 7.52. The van der Waals surface area contributed by atoms with Crippen LogP contribution in [0.25, 0.3) is 0 Å². The quantitative estimate of drug-likeness (QED) is 0.179. The van der Waals surface area contributed by atoms with Crippen LogP contribution in [0.5, 0.6) is 0 Å². The van der Waals surface area contributed by atoms with Crippen LogP contribution in [-0.2, 0) is 14.3 Å². The second-order valence-electron chi connectivity index (χ2n) is 7.52. The fraction of sp³-hybridized carbons (Fsp3) is 0.706. The lowest BCUT2D eigenvalue weighted by Gasteiger charge is -2.52. The number of hydrogen-bond donors (Lipinski definition) is 8. The Morgan fingerprint density at radius 1 is 1.43 bits per heavy atom. The molecule has 11 nitrogen and oxygen atoms in total. The predicted octanol–water partition coefficient (Wildman–Crippen LogP) is -1.77. The summed E-state index contributed by atoms with van der Waals surface area (Å²) in [6.07, 6.45) is -3.79. The van der Waals surface area contributed by atoms with Crippen LogP contribution >= 0.6 is 0 Å². The number of nitrogens with one attached hydrogen (secondary N) is 3. The molecule has 0 saturated heterocycles. The maximum Gasteiger partial charge on any atom is 0.370 e. The highest BCUT2D eigenvalue weighted by molar-refractivity contribution is 5.86. The monoisotopic (exact) mass is 403 g/mol. The highest BCUT2D eigenvalue weighted by atomic mass is 16.5. The maximum absolute atomic E-state index is 12.6. The number of carboxylic acids is 1. The van der Waals surface area contributed by atoms with Crippen molar-refractivity contribution in [2.75, 3.05) is 0 Å². The molecule has 0 saturated carbocycles. The highest BCUT2D eigenvalue weighted by Crippen LogP contribution is 2.37. The summed E-state index contributed by atoms with van der Waals surface area (Å²) in [7, 11) is 0. The number of rotatable bonds is 7. The van der Waals surface area contributed by atoms with Gasteiger partial charge in [0.1, 0.15) is 17.2 Å². The third-order valence-electron chi connectivity index (χ3n) is 4.70. The fourth-order valence-corrected chi connectivity index (χ4v) is 3.14. The summed E-state index contributed by atoms with van der Waals surface area (Å²) >= 11 is 0. The molecule has 0 aromatic heterocycles. The molecular formula is C17H30N4O7. The lowest BCUT2D eigenvalue weighted by molar-refractivity contribution is -0.199. The molecule has 0 spiro atoms. The Hall–Kier alpha value is -2.37. The van der Waals surface area contributed by atoms with Crippen LogP contribution in [0.15, 0.2) is 11.8 Å². The standard InChI is InChI=1S/C17H30N4O7/c1-7(2)12(24)21-16(4)10(20-15(18)19)6-9(13(25)26)28-14(16)17(5,27)11(23)8(3)22/h6-8,10-11,14,22-23,27H,1-5H3,(H,21,24)(H,25,26)(H4,18,19,20)/t8?,10-,11+,14+,16+,17+/m0/s1/i7D. The molecule has 1 unspecified atom stereocenters. The van der Waals surface area contributed by atoms with Crippen molar-refractivity contribution >= 4 is 17.8 Å². The molecule has 1 aliphatic heterocycles. The second kappa shape index (κ2) is 8.33. The van der Waals surface area contributed by atoms with Gasteiger partial charge < -0.3 is 41.5 Å². The zero-order chi connectivity index (χ0) is 22.9. The van der Waals surface area contributed by atoms with E-state index in [-0.39, 0.29) is 0 Å². The zero-order valence-electron chi connectivity index (χ0n) is 17.5. The van der Waals surface area contributed by atoms with Gasteiger partial charge in [-0.1, -0.05) is 13.8 Å². The van der Waals surface area contributed by atoms with E-state index in [4.69, 9.17) is 17.3 Å². The van der Waals surface area contributed by atoms with E-state index in [0.29, 0.717) is 0 Å². The van der Waals surface area contributed by atoms with Crippen molar-refractivity contribution in [2.24, 2.45) is 11.6 Å². The first-order chi connectivity index (χ1) is 12.9. The molecule has 6 atom stereocenters. The smallest absolute Gasteiger partial charge is 0.370 e. The van der Waals surface area contributed by atoms with Crippen molar-refractivity contribution in [2.45, 2.75) is 70.1 Å².